The second-order valence-corrected chi connectivity index (χ2v) is 9.91. The molecule has 1 saturated heterocycles. The number of rotatable bonds is 5. The summed E-state index contributed by atoms with van der Waals surface area (Å²) in [6.07, 6.45) is 0.658. The molecule has 6 nitrogen and oxygen atoms in total. The molecular weight excluding hydrogens is 444 g/mol. The van der Waals surface area contributed by atoms with Crippen LogP contribution in [0.15, 0.2) is 58.8 Å². The number of halogens is 2. The number of anilines is 1. The van der Waals surface area contributed by atoms with Crippen molar-refractivity contribution in [1.82, 2.24) is 9.29 Å². The third kappa shape index (κ3) is 4.65. The third-order valence-corrected chi connectivity index (χ3v) is 7.84. The molecule has 3 aromatic rings. The Morgan fingerprint density at radius 3 is 2.42 bits per heavy atom. The Bertz CT molecular complexity index is 1190. The number of nitrogens with zero attached hydrogens (tertiary/aromatic N) is 2. The molecule has 1 fully saturated rings. The van der Waals surface area contributed by atoms with Gasteiger partial charge in [0.2, 0.25) is 15.9 Å². The minimum absolute atomic E-state index is 0.132. The molecule has 0 atom stereocenters. The first-order chi connectivity index (χ1) is 14.8. The second kappa shape index (κ2) is 8.81. The minimum Gasteiger partial charge on any atom is -0.302 e. The first-order valence-corrected chi connectivity index (χ1v) is 11.9. The van der Waals surface area contributed by atoms with Crippen molar-refractivity contribution in [2.75, 3.05) is 18.4 Å². The van der Waals surface area contributed by atoms with Gasteiger partial charge in [0.15, 0.2) is 5.13 Å². The SMILES string of the molecule is O=C(Nc1nc(-c2ccc(F)cc2)cs1)C1CCN(S(=O)(=O)c2ccccc2F)CC1. The van der Waals surface area contributed by atoms with Crippen LogP contribution in [0.25, 0.3) is 11.3 Å². The zero-order chi connectivity index (χ0) is 22.0. The number of hydrogen-bond donors (Lipinski definition) is 1. The Kier molecular flexibility index (Phi) is 6.12. The quantitative estimate of drug-likeness (QED) is 0.617. The van der Waals surface area contributed by atoms with Crippen molar-refractivity contribution in [1.29, 1.82) is 0 Å². The molecule has 0 bridgehead atoms. The molecule has 0 aliphatic carbocycles. The van der Waals surface area contributed by atoms with Gasteiger partial charge in [0.25, 0.3) is 0 Å². The van der Waals surface area contributed by atoms with E-state index in [4.69, 9.17) is 0 Å². The average Bonchev–Trinajstić information content (AvgIpc) is 3.23. The predicted molar refractivity (Wildman–Crippen MR) is 114 cm³/mol. The van der Waals surface area contributed by atoms with Crippen molar-refractivity contribution in [3.63, 3.8) is 0 Å². The number of piperidine rings is 1. The van der Waals surface area contributed by atoms with Crippen LogP contribution in [0.5, 0.6) is 0 Å². The number of nitrogens with one attached hydrogen (secondary N) is 1. The topological polar surface area (TPSA) is 79.4 Å². The van der Waals surface area contributed by atoms with Gasteiger partial charge >= 0.3 is 0 Å². The van der Waals surface area contributed by atoms with Crippen LogP contribution in [-0.4, -0.2) is 36.7 Å². The number of amides is 1. The molecule has 10 heteroatoms. The molecule has 0 spiro atoms. The predicted octanol–water partition coefficient (Wildman–Crippen LogP) is 4.13. The molecule has 31 heavy (non-hydrogen) atoms. The van der Waals surface area contributed by atoms with Gasteiger partial charge in [-0.15, -0.1) is 11.3 Å². The molecule has 162 valence electrons. The number of hydrogen-bond acceptors (Lipinski definition) is 5. The lowest BCUT2D eigenvalue weighted by Crippen LogP contribution is -2.41. The van der Waals surface area contributed by atoms with Gasteiger partial charge in [0.05, 0.1) is 5.69 Å². The molecule has 0 saturated carbocycles. The number of thiazole rings is 1. The van der Waals surface area contributed by atoms with Crippen LogP contribution in [0.2, 0.25) is 0 Å². The van der Waals surface area contributed by atoms with E-state index in [0.29, 0.717) is 23.7 Å². The summed E-state index contributed by atoms with van der Waals surface area (Å²) in [6.45, 7) is 0.265. The average molecular weight is 464 g/mol. The molecule has 1 aliphatic heterocycles. The maximum atomic E-state index is 13.9. The smallest absolute Gasteiger partial charge is 0.245 e. The molecule has 0 radical (unpaired) electrons. The highest BCUT2D eigenvalue weighted by molar-refractivity contribution is 7.89. The van der Waals surface area contributed by atoms with E-state index in [0.717, 1.165) is 11.6 Å². The maximum absolute atomic E-state index is 13.9. The number of benzene rings is 2. The summed E-state index contributed by atoms with van der Waals surface area (Å²) < 4.78 is 53.6. The summed E-state index contributed by atoms with van der Waals surface area (Å²) in [5.41, 5.74) is 1.37. The van der Waals surface area contributed by atoms with Crippen molar-refractivity contribution >= 4 is 32.4 Å². The Labute approximate surface area is 182 Å². The van der Waals surface area contributed by atoms with Crippen molar-refractivity contribution < 1.29 is 22.0 Å². The second-order valence-electron chi connectivity index (χ2n) is 7.14. The summed E-state index contributed by atoms with van der Waals surface area (Å²) in [5, 5.41) is 4.97. The van der Waals surface area contributed by atoms with Crippen LogP contribution in [0.3, 0.4) is 0 Å². The van der Waals surface area contributed by atoms with Crippen LogP contribution in [0, 0.1) is 17.6 Å². The standard InChI is InChI=1S/C21H19F2N3O3S2/c22-16-7-5-14(6-8-16)18-13-30-21(24-18)25-20(27)15-9-11-26(12-10-15)31(28,29)19-4-2-1-3-17(19)23/h1-8,13,15H,9-12H2,(H,24,25,27). The molecule has 2 heterocycles. The zero-order valence-corrected chi connectivity index (χ0v) is 17.9. The summed E-state index contributed by atoms with van der Waals surface area (Å²) in [5.74, 6) is -1.73. The summed E-state index contributed by atoms with van der Waals surface area (Å²) in [6, 6.07) is 11.2. The van der Waals surface area contributed by atoms with Crippen molar-refractivity contribution in [2.24, 2.45) is 5.92 Å². The van der Waals surface area contributed by atoms with Gasteiger partial charge in [-0.25, -0.2) is 22.2 Å². The fraction of sp³-hybridized carbons (Fsp3) is 0.238. The van der Waals surface area contributed by atoms with Crippen LogP contribution < -0.4 is 5.32 Å². The number of carbonyl (C=O) groups excluding carboxylic acids is 1. The Morgan fingerprint density at radius 2 is 1.74 bits per heavy atom. The summed E-state index contributed by atoms with van der Waals surface area (Å²) in [4.78, 5) is 16.6. The van der Waals surface area contributed by atoms with E-state index in [1.54, 1.807) is 17.5 Å². The van der Waals surface area contributed by atoms with E-state index in [1.807, 2.05) is 0 Å². The van der Waals surface area contributed by atoms with Gasteiger partial charge in [0.1, 0.15) is 16.5 Å². The third-order valence-electron chi connectivity index (χ3n) is 5.15. The first kappa shape index (κ1) is 21.5. The number of carbonyl (C=O) groups is 1. The molecular formula is C21H19F2N3O3S2. The van der Waals surface area contributed by atoms with Crippen molar-refractivity contribution in [3.8, 4) is 11.3 Å². The molecule has 1 aliphatic rings. The molecule has 2 aromatic carbocycles. The highest BCUT2D eigenvalue weighted by atomic mass is 32.2. The molecule has 4 rings (SSSR count). The molecule has 1 aromatic heterocycles. The molecule has 1 N–H and O–H groups in total. The van der Waals surface area contributed by atoms with E-state index >= 15 is 0 Å². The highest BCUT2D eigenvalue weighted by Crippen LogP contribution is 2.28. The van der Waals surface area contributed by atoms with Gasteiger partial charge in [-0.3, -0.25) is 4.79 Å². The lowest BCUT2D eigenvalue weighted by molar-refractivity contribution is -0.120. The zero-order valence-electron chi connectivity index (χ0n) is 16.3. The van der Waals surface area contributed by atoms with Gasteiger partial charge in [-0.1, -0.05) is 12.1 Å². The van der Waals surface area contributed by atoms with Crippen LogP contribution in [0.4, 0.5) is 13.9 Å². The van der Waals surface area contributed by atoms with Gasteiger partial charge < -0.3 is 5.32 Å². The normalized spacial score (nSPS) is 15.7. The highest BCUT2D eigenvalue weighted by Gasteiger charge is 2.33. The van der Waals surface area contributed by atoms with Crippen LogP contribution >= 0.6 is 11.3 Å². The van der Waals surface area contributed by atoms with E-state index < -0.39 is 15.8 Å². The Hall–Kier alpha value is -2.69. The van der Waals surface area contributed by atoms with E-state index in [-0.39, 0.29) is 35.6 Å². The minimum atomic E-state index is -3.94. The maximum Gasteiger partial charge on any atom is 0.245 e. The molecule has 0 unspecified atom stereocenters. The largest absolute Gasteiger partial charge is 0.302 e. The van der Waals surface area contributed by atoms with Gasteiger partial charge in [0, 0.05) is 30.0 Å². The fourth-order valence-corrected chi connectivity index (χ4v) is 5.70. The summed E-state index contributed by atoms with van der Waals surface area (Å²) >= 11 is 1.26. The molecule has 1 amide bonds. The van der Waals surface area contributed by atoms with Crippen molar-refractivity contribution in [3.05, 3.63) is 65.5 Å². The van der Waals surface area contributed by atoms with E-state index in [2.05, 4.69) is 10.3 Å². The first-order valence-electron chi connectivity index (χ1n) is 9.61. The number of aromatic nitrogens is 1. The Morgan fingerprint density at radius 1 is 1.06 bits per heavy atom. The monoisotopic (exact) mass is 463 g/mol. The fourth-order valence-electron chi connectivity index (χ4n) is 3.44. The number of sulfonamides is 1. The summed E-state index contributed by atoms with van der Waals surface area (Å²) in [7, 11) is -3.94. The lowest BCUT2D eigenvalue weighted by Gasteiger charge is -2.30. The van der Waals surface area contributed by atoms with Crippen LogP contribution in [-0.2, 0) is 14.8 Å². The van der Waals surface area contributed by atoms with E-state index in [1.165, 1.54) is 46.0 Å². The van der Waals surface area contributed by atoms with Crippen LogP contribution in [0.1, 0.15) is 12.8 Å². The van der Waals surface area contributed by atoms with E-state index in [9.17, 15) is 22.0 Å². The lowest BCUT2D eigenvalue weighted by atomic mass is 9.97. The van der Waals surface area contributed by atoms with Crippen molar-refractivity contribution in [2.45, 2.75) is 17.7 Å². The Balaban J connectivity index is 1.37. The van der Waals surface area contributed by atoms with Gasteiger partial charge in [-0.2, -0.15) is 4.31 Å². The van der Waals surface area contributed by atoms with Gasteiger partial charge in [-0.05, 0) is 49.2 Å².